The molecule has 4 bridgehead atoms. The summed E-state index contributed by atoms with van der Waals surface area (Å²) in [5.74, 6) is 3.63. The van der Waals surface area contributed by atoms with E-state index < -0.39 is 0 Å². The van der Waals surface area contributed by atoms with Gasteiger partial charge in [0.25, 0.3) is 0 Å². The van der Waals surface area contributed by atoms with Crippen molar-refractivity contribution in [3.8, 4) is 5.75 Å². The summed E-state index contributed by atoms with van der Waals surface area (Å²) in [5, 5.41) is 6.31. The van der Waals surface area contributed by atoms with Crippen LogP contribution < -0.4 is 15.4 Å². The molecule has 26 heavy (non-hydrogen) atoms. The van der Waals surface area contributed by atoms with Crippen molar-refractivity contribution >= 4 is 6.03 Å². The molecule has 142 valence electrons. The molecule has 1 aromatic carbocycles. The lowest BCUT2D eigenvalue weighted by Gasteiger charge is -2.59. The predicted octanol–water partition coefficient (Wildman–Crippen LogP) is 4.14. The number of para-hydroxylation sites is 1. The summed E-state index contributed by atoms with van der Waals surface area (Å²) in [7, 11) is 1.69. The number of benzene rings is 1. The van der Waals surface area contributed by atoms with Gasteiger partial charge in [0.1, 0.15) is 5.75 Å². The highest BCUT2D eigenvalue weighted by molar-refractivity contribution is 5.74. The van der Waals surface area contributed by atoms with Crippen LogP contribution in [0.2, 0.25) is 0 Å². The quantitative estimate of drug-likeness (QED) is 0.805. The zero-order valence-electron chi connectivity index (χ0n) is 16.1. The Morgan fingerprint density at radius 2 is 1.77 bits per heavy atom. The second kappa shape index (κ2) is 7.13. The molecule has 4 nitrogen and oxygen atoms in total. The molecule has 2 N–H and O–H groups in total. The minimum absolute atomic E-state index is 0.0249. The second-order valence-electron chi connectivity index (χ2n) is 8.96. The van der Waals surface area contributed by atoms with Gasteiger partial charge in [-0.15, -0.1) is 0 Å². The van der Waals surface area contributed by atoms with Gasteiger partial charge in [-0.05, 0) is 86.7 Å². The predicted molar refractivity (Wildman–Crippen MR) is 103 cm³/mol. The summed E-state index contributed by atoms with van der Waals surface area (Å²) in [4.78, 5) is 12.4. The Morgan fingerprint density at radius 3 is 2.38 bits per heavy atom. The van der Waals surface area contributed by atoms with E-state index in [0.717, 1.165) is 35.5 Å². The molecule has 0 heterocycles. The van der Waals surface area contributed by atoms with Crippen LogP contribution in [0.1, 0.15) is 51.0 Å². The Morgan fingerprint density at radius 1 is 1.15 bits per heavy atom. The molecule has 1 unspecified atom stereocenters. The smallest absolute Gasteiger partial charge is 0.315 e. The van der Waals surface area contributed by atoms with Crippen LogP contribution in [-0.2, 0) is 6.42 Å². The van der Waals surface area contributed by atoms with E-state index in [1.807, 2.05) is 18.2 Å². The summed E-state index contributed by atoms with van der Waals surface area (Å²) in [6.45, 7) is 2.85. The van der Waals surface area contributed by atoms with Gasteiger partial charge in [-0.1, -0.05) is 18.2 Å². The summed E-state index contributed by atoms with van der Waals surface area (Å²) in [6.07, 6.45) is 9.07. The van der Waals surface area contributed by atoms with Crippen LogP contribution in [0.25, 0.3) is 0 Å². The van der Waals surface area contributed by atoms with Crippen molar-refractivity contribution in [1.82, 2.24) is 10.6 Å². The highest BCUT2D eigenvalue weighted by atomic mass is 16.5. The third kappa shape index (κ3) is 3.43. The monoisotopic (exact) mass is 356 g/mol. The first-order chi connectivity index (χ1) is 12.6. The lowest BCUT2D eigenvalue weighted by molar-refractivity contribution is -0.0682. The van der Waals surface area contributed by atoms with E-state index in [1.165, 1.54) is 38.5 Å². The summed E-state index contributed by atoms with van der Waals surface area (Å²) in [6, 6.07) is 8.23. The molecule has 1 atom stereocenters. The molecule has 2 amide bonds. The molecule has 0 aromatic heterocycles. The topological polar surface area (TPSA) is 50.4 Å². The maximum Gasteiger partial charge on any atom is 0.315 e. The number of rotatable bonds is 6. The molecule has 0 spiro atoms. The number of hydrogen-bond acceptors (Lipinski definition) is 2. The number of carbonyl (C=O) groups is 1. The van der Waals surface area contributed by atoms with Gasteiger partial charge in [-0.3, -0.25) is 0 Å². The SMILES string of the molecule is COc1ccccc1CCNC(=O)NC(C)C12CC3CC(CC(C3)C1)C2. The average molecular weight is 357 g/mol. The van der Waals surface area contributed by atoms with Crippen LogP contribution in [0.5, 0.6) is 5.75 Å². The number of ether oxygens (including phenoxy) is 1. The minimum atomic E-state index is -0.0249. The molecule has 4 fully saturated rings. The fourth-order valence-electron chi connectivity index (χ4n) is 6.33. The van der Waals surface area contributed by atoms with Crippen LogP contribution >= 0.6 is 0 Å². The van der Waals surface area contributed by atoms with E-state index in [0.29, 0.717) is 12.0 Å². The number of methoxy groups -OCH3 is 1. The normalized spacial score (nSPS) is 32.9. The fourth-order valence-corrected chi connectivity index (χ4v) is 6.33. The van der Waals surface area contributed by atoms with Gasteiger partial charge < -0.3 is 15.4 Å². The zero-order chi connectivity index (χ0) is 18.1. The van der Waals surface area contributed by atoms with E-state index in [9.17, 15) is 4.79 Å². The number of urea groups is 1. The largest absolute Gasteiger partial charge is 0.496 e. The molecule has 4 heteroatoms. The van der Waals surface area contributed by atoms with E-state index in [2.05, 4.69) is 23.6 Å². The van der Waals surface area contributed by atoms with Crippen molar-refractivity contribution in [3.63, 3.8) is 0 Å². The number of nitrogens with one attached hydrogen (secondary N) is 2. The number of carbonyl (C=O) groups excluding carboxylic acids is 1. The first-order valence-corrected chi connectivity index (χ1v) is 10.2. The summed E-state index contributed by atoms with van der Waals surface area (Å²) < 4.78 is 5.38. The molecule has 1 aromatic rings. The molecule has 4 aliphatic carbocycles. The summed E-state index contributed by atoms with van der Waals surface area (Å²) >= 11 is 0. The van der Waals surface area contributed by atoms with Crippen LogP contribution in [-0.4, -0.2) is 25.7 Å². The van der Waals surface area contributed by atoms with Crippen molar-refractivity contribution in [3.05, 3.63) is 29.8 Å². The van der Waals surface area contributed by atoms with Gasteiger partial charge in [0.2, 0.25) is 0 Å². The lowest BCUT2D eigenvalue weighted by Crippen LogP contribution is -2.57. The van der Waals surface area contributed by atoms with Crippen LogP contribution in [0.4, 0.5) is 4.79 Å². The Balaban J connectivity index is 1.28. The first kappa shape index (κ1) is 17.7. The highest BCUT2D eigenvalue weighted by Crippen LogP contribution is 2.61. The van der Waals surface area contributed by atoms with E-state index >= 15 is 0 Å². The number of hydrogen-bond donors (Lipinski definition) is 2. The Bertz CT molecular complexity index is 622. The van der Waals surface area contributed by atoms with Gasteiger partial charge in [-0.25, -0.2) is 4.79 Å². The zero-order valence-corrected chi connectivity index (χ0v) is 16.1. The van der Waals surface area contributed by atoms with Crippen LogP contribution in [0.15, 0.2) is 24.3 Å². The first-order valence-electron chi connectivity index (χ1n) is 10.2. The number of amides is 2. The van der Waals surface area contributed by atoms with Crippen LogP contribution in [0.3, 0.4) is 0 Å². The van der Waals surface area contributed by atoms with E-state index in [4.69, 9.17) is 4.74 Å². The lowest BCUT2D eigenvalue weighted by atomic mass is 9.48. The molecule has 5 rings (SSSR count). The Labute approximate surface area is 157 Å². The fraction of sp³-hybridized carbons (Fsp3) is 0.682. The van der Waals surface area contributed by atoms with Crippen molar-refractivity contribution in [2.45, 2.75) is 57.9 Å². The van der Waals surface area contributed by atoms with Crippen molar-refractivity contribution in [1.29, 1.82) is 0 Å². The maximum absolute atomic E-state index is 12.4. The van der Waals surface area contributed by atoms with Crippen molar-refractivity contribution in [2.75, 3.05) is 13.7 Å². The molecule has 0 aliphatic heterocycles. The van der Waals surface area contributed by atoms with Gasteiger partial charge in [0.15, 0.2) is 0 Å². The van der Waals surface area contributed by atoms with Crippen molar-refractivity contribution < 1.29 is 9.53 Å². The van der Waals surface area contributed by atoms with Gasteiger partial charge in [0, 0.05) is 12.6 Å². The highest BCUT2D eigenvalue weighted by Gasteiger charge is 2.53. The maximum atomic E-state index is 12.4. The molecular weight excluding hydrogens is 324 g/mol. The van der Waals surface area contributed by atoms with Gasteiger partial charge in [-0.2, -0.15) is 0 Å². The molecule has 0 radical (unpaired) electrons. The minimum Gasteiger partial charge on any atom is -0.496 e. The Hall–Kier alpha value is -1.71. The third-order valence-electron chi connectivity index (χ3n) is 7.22. The van der Waals surface area contributed by atoms with Gasteiger partial charge in [0.05, 0.1) is 7.11 Å². The van der Waals surface area contributed by atoms with E-state index in [1.54, 1.807) is 7.11 Å². The molecular formula is C22H32N2O2. The summed E-state index contributed by atoms with van der Waals surface area (Å²) in [5.41, 5.74) is 1.48. The third-order valence-corrected chi connectivity index (χ3v) is 7.22. The average Bonchev–Trinajstić information content (AvgIpc) is 2.61. The second-order valence-corrected chi connectivity index (χ2v) is 8.96. The Kier molecular flexibility index (Phi) is 4.85. The van der Waals surface area contributed by atoms with E-state index in [-0.39, 0.29) is 12.1 Å². The van der Waals surface area contributed by atoms with Crippen LogP contribution in [0, 0.1) is 23.2 Å². The molecule has 4 aliphatic rings. The standard InChI is InChI=1S/C22H32N2O2/c1-15(22-12-16-9-17(13-22)11-18(10-16)14-22)24-21(25)23-8-7-19-5-3-4-6-20(19)26-2/h3-6,15-18H,7-14H2,1-2H3,(H2,23,24,25). The molecule has 0 saturated heterocycles. The van der Waals surface area contributed by atoms with Crippen molar-refractivity contribution in [2.24, 2.45) is 23.2 Å². The van der Waals surface area contributed by atoms with Gasteiger partial charge >= 0.3 is 6.03 Å². The molecule has 4 saturated carbocycles.